The van der Waals surface area contributed by atoms with Crippen molar-refractivity contribution in [2.45, 2.75) is 19.8 Å². The number of hydrogen-bond acceptors (Lipinski definition) is 4. The number of carbonyl (C=O) groups is 2. The largest absolute Gasteiger partial charge is 0.478 e. The van der Waals surface area contributed by atoms with Gasteiger partial charge in [-0.05, 0) is 31.5 Å². The second kappa shape index (κ2) is 7.52. The maximum absolute atomic E-state index is 11.6. The summed E-state index contributed by atoms with van der Waals surface area (Å²) in [6.45, 7) is 3.44. The number of nitrogen functional groups attached to an aromatic ring is 1. The minimum atomic E-state index is -0.993. The van der Waals surface area contributed by atoms with Gasteiger partial charge in [0.1, 0.15) is 0 Å². The number of hydrogen-bond donors (Lipinski definition) is 2. The fourth-order valence-corrected chi connectivity index (χ4v) is 2.07. The number of anilines is 2. The maximum atomic E-state index is 11.6. The average Bonchev–Trinajstić information content (AvgIpc) is 2.43. The van der Waals surface area contributed by atoms with Crippen LogP contribution in [0.4, 0.5) is 11.4 Å². The number of rotatable bonds is 7. The fourth-order valence-electron chi connectivity index (χ4n) is 2.07. The molecule has 0 aromatic heterocycles. The minimum Gasteiger partial charge on any atom is -0.478 e. The Labute approximate surface area is 125 Å². The molecule has 0 bridgehead atoms. The van der Waals surface area contributed by atoms with E-state index in [1.165, 1.54) is 6.07 Å². The molecule has 116 valence electrons. The second-order valence-electron chi connectivity index (χ2n) is 5.05. The lowest BCUT2D eigenvalue weighted by Crippen LogP contribution is -2.27. The third-order valence-electron chi connectivity index (χ3n) is 3.31. The van der Waals surface area contributed by atoms with Crippen LogP contribution in [0.15, 0.2) is 18.2 Å². The first-order valence-corrected chi connectivity index (χ1v) is 6.94. The van der Waals surface area contributed by atoms with E-state index in [-0.39, 0.29) is 11.5 Å². The van der Waals surface area contributed by atoms with Crippen LogP contribution in [0.5, 0.6) is 0 Å². The Morgan fingerprint density at radius 3 is 2.43 bits per heavy atom. The number of benzene rings is 1. The zero-order valence-corrected chi connectivity index (χ0v) is 12.8. The monoisotopic (exact) mass is 293 g/mol. The summed E-state index contributed by atoms with van der Waals surface area (Å²) in [5.74, 6) is -0.895. The Bertz CT molecular complexity index is 515. The van der Waals surface area contributed by atoms with E-state index in [9.17, 15) is 9.59 Å². The first-order valence-electron chi connectivity index (χ1n) is 6.94. The number of nitrogens with zero attached hydrogens (tertiary/aromatic N) is 2. The topological polar surface area (TPSA) is 86.9 Å². The van der Waals surface area contributed by atoms with E-state index in [2.05, 4.69) is 0 Å². The Morgan fingerprint density at radius 1 is 1.29 bits per heavy atom. The van der Waals surface area contributed by atoms with Crippen molar-refractivity contribution in [2.24, 2.45) is 0 Å². The molecule has 1 amide bonds. The highest BCUT2D eigenvalue weighted by Gasteiger charge is 2.12. The van der Waals surface area contributed by atoms with Crippen molar-refractivity contribution in [1.82, 2.24) is 4.90 Å². The molecule has 0 spiro atoms. The van der Waals surface area contributed by atoms with E-state index in [0.717, 1.165) is 18.7 Å². The second-order valence-corrected chi connectivity index (χ2v) is 5.05. The third-order valence-corrected chi connectivity index (χ3v) is 3.31. The molecule has 0 unspecified atom stereocenters. The van der Waals surface area contributed by atoms with Crippen molar-refractivity contribution in [3.63, 3.8) is 0 Å². The van der Waals surface area contributed by atoms with Crippen LogP contribution in [-0.4, -0.2) is 49.1 Å². The summed E-state index contributed by atoms with van der Waals surface area (Å²) in [4.78, 5) is 26.1. The number of carboxylic acids is 1. The van der Waals surface area contributed by atoms with Gasteiger partial charge in [0, 0.05) is 33.6 Å². The summed E-state index contributed by atoms with van der Waals surface area (Å²) in [6.07, 6.45) is 1.21. The molecule has 0 aliphatic carbocycles. The first-order chi connectivity index (χ1) is 9.86. The SMILES string of the molecule is CCN(CCCC(=O)N(C)C)c1ccc(C(=O)O)cc1N. The van der Waals surface area contributed by atoms with E-state index in [4.69, 9.17) is 10.8 Å². The predicted octanol–water partition coefficient (Wildman–Crippen LogP) is 1.66. The molecule has 0 fully saturated rings. The van der Waals surface area contributed by atoms with E-state index >= 15 is 0 Å². The number of carbonyl (C=O) groups excluding carboxylic acids is 1. The molecular formula is C15H23N3O3. The summed E-state index contributed by atoms with van der Waals surface area (Å²) in [6, 6.07) is 4.73. The van der Waals surface area contributed by atoms with Gasteiger partial charge in [-0.25, -0.2) is 4.79 Å². The highest BCUT2D eigenvalue weighted by Crippen LogP contribution is 2.24. The van der Waals surface area contributed by atoms with E-state index in [1.54, 1.807) is 31.1 Å². The van der Waals surface area contributed by atoms with E-state index < -0.39 is 5.97 Å². The van der Waals surface area contributed by atoms with Gasteiger partial charge in [-0.15, -0.1) is 0 Å². The van der Waals surface area contributed by atoms with Crippen LogP contribution in [0, 0.1) is 0 Å². The lowest BCUT2D eigenvalue weighted by Gasteiger charge is -2.25. The predicted molar refractivity (Wildman–Crippen MR) is 83.6 cm³/mol. The number of amides is 1. The molecule has 0 radical (unpaired) electrons. The van der Waals surface area contributed by atoms with Gasteiger partial charge in [-0.2, -0.15) is 0 Å². The Hall–Kier alpha value is -2.24. The van der Waals surface area contributed by atoms with Gasteiger partial charge in [0.05, 0.1) is 16.9 Å². The minimum absolute atomic E-state index is 0.0975. The van der Waals surface area contributed by atoms with Crippen molar-refractivity contribution >= 4 is 23.3 Å². The van der Waals surface area contributed by atoms with E-state index in [0.29, 0.717) is 18.7 Å². The summed E-state index contributed by atoms with van der Waals surface area (Å²) < 4.78 is 0. The molecule has 6 heteroatoms. The molecule has 1 aromatic rings. The van der Waals surface area contributed by atoms with Gasteiger partial charge in [-0.1, -0.05) is 0 Å². The first kappa shape index (κ1) is 16.8. The molecule has 1 aromatic carbocycles. The molecule has 0 saturated carbocycles. The molecule has 3 N–H and O–H groups in total. The van der Waals surface area contributed by atoms with Gasteiger partial charge in [0.15, 0.2) is 0 Å². The Balaban J connectivity index is 2.72. The normalized spacial score (nSPS) is 10.2. The fraction of sp³-hybridized carbons (Fsp3) is 0.467. The van der Waals surface area contributed by atoms with Gasteiger partial charge >= 0.3 is 5.97 Å². The standard InChI is InChI=1S/C15H23N3O3/c1-4-18(9-5-6-14(19)17(2)3)13-8-7-11(15(20)21)10-12(13)16/h7-8,10H,4-6,9,16H2,1-3H3,(H,20,21). The van der Waals surface area contributed by atoms with Gasteiger partial charge in [0.25, 0.3) is 0 Å². The van der Waals surface area contributed by atoms with Crippen LogP contribution < -0.4 is 10.6 Å². The zero-order chi connectivity index (χ0) is 16.0. The summed E-state index contributed by atoms with van der Waals surface area (Å²) >= 11 is 0. The number of aromatic carboxylic acids is 1. The van der Waals surface area contributed by atoms with Gasteiger partial charge < -0.3 is 20.6 Å². The number of carboxylic acid groups (broad SMARTS) is 1. The molecule has 0 aliphatic heterocycles. The van der Waals surface area contributed by atoms with Gasteiger partial charge in [0.2, 0.25) is 5.91 Å². The average molecular weight is 293 g/mol. The molecule has 0 atom stereocenters. The summed E-state index contributed by atoms with van der Waals surface area (Å²) in [5.41, 5.74) is 7.36. The van der Waals surface area contributed by atoms with Crippen LogP contribution in [-0.2, 0) is 4.79 Å². The molecule has 0 saturated heterocycles. The maximum Gasteiger partial charge on any atom is 0.335 e. The molecular weight excluding hydrogens is 270 g/mol. The highest BCUT2D eigenvalue weighted by atomic mass is 16.4. The van der Waals surface area contributed by atoms with Gasteiger partial charge in [-0.3, -0.25) is 4.79 Å². The van der Waals surface area contributed by atoms with Crippen molar-refractivity contribution in [3.8, 4) is 0 Å². The molecule has 0 aliphatic rings. The van der Waals surface area contributed by atoms with Crippen LogP contribution in [0.1, 0.15) is 30.1 Å². The molecule has 6 nitrogen and oxygen atoms in total. The summed E-state index contributed by atoms with van der Waals surface area (Å²) in [5, 5.41) is 8.94. The lowest BCUT2D eigenvalue weighted by atomic mass is 10.1. The lowest BCUT2D eigenvalue weighted by molar-refractivity contribution is -0.128. The zero-order valence-electron chi connectivity index (χ0n) is 12.8. The van der Waals surface area contributed by atoms with Crippen LogP contribution in [0.25, 0.3) is 0 Å². The summed E-state index contributed by atoms with van der Waals surface area (Å²) in [7, 11) is 3.48. The van der Waals surface area contributed by atoms with Crippen molar-refractivity contribution < 1.29 is 14.7 Å². The van der Waals surface area contributed by atoms with Crippen molar-refractivity contribution in [3.05, 3.63) is 23.8 Å². The van der Waals surface area contributed by atoms with Crippen molar-refractivity contribution in [2.75, 3.05) is 37.8 Å². The molecule has 1 rings (SSSR count). The van der Waals surface area contributed by atoms with Crippen molar-refractivity contribution in [1.29, 1.82) is 0 Å². The Morgan fingerprint density at radius 2 is 1.95 bits per heavy atom. The smallest absolute Gasteiger partial charge is 0.335 e. The third kappa shape index (κ3) is 4.66. The highest BCUT2D eigenvalue weighted by molar-refractivity contribution is 5.90. The molecule has 0 heterocycles. The molecule has 21 heavy (non-hydrogen) atoms. The van der Waals surface area contributed by atoms with Crippen LogP contribution in [0.2, 0.25) is 0 Å². The van der Waals surface area contributed by atoms with E-state index in [1.807, 2.05) is 11.8 Å². The van der Waals surface area contributed by atoms with Crippen LogP contribution in [0.3, 0.4) is 0 Å². The van der Waals surface area contributed by atoms with Crippen LogP contribution >= 0.6 is 0 Å². The number of nitrogens with two attached hydrogens (primary N) is 1. The quantitative estimate of drug-likeness (QED) is 0.747. The Kier molecular flexibility index (Phi) is 6.02.